The molecule has 9 nitrogen and oxygen atoms in total. The second-order valence-corrected chi connectivity index (χ2v) is 6.85. The molecule has 0 unspecified atom stereocenters. The molecule has 4 rings (SSSR count). The van der Waals surface area contributed by atoms with Gasteiger partial charge in [-0.25, -0.2) is 9.78 Å². The molecule has 0 radical (unpaired) electrons. The number of hydrogen-bond acceptors (Lipinski definition) is 7. The van der Waals surface area contributed by atoms with Crippen LogP contribution in [-0.4, -0.2) is 41.3 Å². The minimum absolute atomic E-state index is 0.285. The summed E-state index contributed by atoms with van der Waals surface area (Å²) in [5.74, 6) is 1.21. The first-order valence-corrected chi connectivity index (χ1v) is 9.29. The maximum absolute atomic E-state index is 12.6. The lowest BCUT2D eigenvalue weighted by Gasteiger charge is -2.16. The molecular weight excluding hydrogens is 398 g/mol. The van der Waals surface area contributed by atoms with Crippen LogP contribution < -0.4 is 20.5 Å². The average Bonchev–Trinajstić information content (AvgIpc) is 3.14. The Bertz CT molecular complexity index is 1150. The number of pyridine rings is 1. The van der Waals surface area contributed by atoms with Gasteiger partial charge in [0.05, 0.1) is 25.2 Å². The average molecular weight is 416 g/mol. The van der Waals surface area contributed by atoms with Crippen LogP contribution >= 0.6 is 11.6 Å². The van der Waals surface area contributed by atoms with Gasteiger partial charge in [0, 0.05) is 17.1 Å². The van der Waals surface area contributed by atoms with Gasteiger partial charge in [0.2, 0.25) is 5.95 Å². The number of nitrogens with zero attached hydrogens (tertiary/aromatic N) is 3. The molecule has 1 saturated heterocycles. The number of hydrogen-bond donors (Lipinski definition) is 2. The third-order valence-corrected chi connectivity index (χ3v) is 5.04. The predicted octanol–water partition coefficient (Wildman–Crippen LogP) is 3.11. The summed E-state index contributed by atoms with van der Waals surface area (Å²) in [5.41, 5.74) is 0.720. The molecule has 2 aromatic heterocycles. The largest absolute Gasteiger partial charge is 0.495 e. The standard InChI is InChI=1S/C19H18ClN5O4/c1-10(22-18-21-6-5-14(23-18)25-7-8-29-19(25)27)12-9-11-3-4-13(28-2)15(20)16(11)24-17(12)26/h3-6,9-10H,7-8H2,1-2H3,(H,24,26)(H,21,22,23)/t10-/m0/s1. The van der Waals surface area contributed by atoms with E-state index in [4.69, 9.17) is 21.1 Å². The van der Waals surface area contributed by atoms with Crippen LogP contribution in [0.2, 0.25) is 5.02 Å². The van der Waals surface area contributed by atoms with E-state index in [-0.39, 0.29) is 5.56 Å². The second kappa shape index (κ2) is 7.59. The Labute approximate surface area is 170 Å². The molecule has 1 atom stereocenters. The van der Waals surface area contributed by atoms with Gasteiger partial charge in [-0.2, -0.15) is 4.98 Å². The maximum Gasteiger partial charge on any atom is 0.415 e. The summed E-state index contributed by atoms with van der Waals surface area (Å²) in [6, 6.07) is 6.55. The summed E-state index contributed by atoms with van der Waals surface area (Å²) in [5, 5.41) is 4.22. The van der Waals surface area contributed by atoms with Crippen LogP contribution in [0.4, 0.5) is 16.6 Å². The fourth-order valence-corrected chi connectivity index (χ4v) is 3.46. The van der Waals surface area contributed by atoms with Gasteiger partial charge in [0.1, 0.15) is 23.2 Å². The SMILES string of the molecule is COc1ccc2cc([C@H](C)Nc3nccc(N4CCOC4=O)n3)c(=O)[nH]c2c1Cl. The number of aromatic nitrogens is 3. The molecule has 2 N–H and O–H groups in total. The third kappa shape index (κ3) is 3.56. The van der Waals surface area contributed by atoms with Gasteiger partial charge in [-0.3, -0.25) is 9.69 Å². The smallest absolute Gasteiger partial charge is 0.415 e. The van der Waals surface area contributed by atoms with Gasteiger partial charge in [0.25, 0.3) is 5.56 Å². The van der Waals surface area contributed by atoms with E-state index in [0.717, 1.165) is 5.39 Å². The van der Waals surface area contributed by atoms with Crippen molar-refractivity contribution in [3.8, 4) is 5.75 Å². The number of methoxy groups -OCH3 is 1. The van der Waals surface area contributed by atoms with E-state index in [1.54, 1.807) is 24.4 Å². The van der Waals surface area contributed by atoms with Crippen molar-refractivity contribution in [3.05, 3.63) is 51.4 Å². The summed E-state index contributed by atoms with van der Waals surface area (Å²) in [6.07, 6.45) is 1.10. The number of ether oxygens (including phenoxy) is 2. The van der Waals surface area contributed by atoms with Crippen LogP contribution in [0, 0.1) is 0 Å². The number of fused-ring (bicyclic) bond motifs is 1. The Balaban J connectivity index is 1.62. The van der Waals surface area contributed by atoms with Crippen LogP contribution in [0.25, 0.3) is 10.9 Å². The Hall–Kier alpha value is -3.33. The molecule has 150 valence electrons. The number of amides is 1. The number of carbonyl (C=O) groups is 1. The Morgan fingerprint density at radius 1 is 1.34 bits per heavy atom. The molecule has 3 aromatic rings. The van der Waals surface area contributed by atoms with E-state index in [1.165, 1.54) is 12.0 Å². The van der Waals surface area contributed by atoms with E-state index >= 15 is 0 Å². The summed E-state index contributed by atoms with van der Waals surface area (Å²) in [7, 11) is 1.52. The molecule has 1 amide bonds. The number of H-pyrrole nitrogens is 1. The number of aromatic amines is 1. The highest BCUT2D eigenvalue weighted by atomic mass is 35.5. The normalized spacial score (nSPS) is 14.7. The third-order valence-electron chi connectivity index (χ3n) is 4.66. The minimum Gasteiger partial charge on any atom is -0.495 e. The number of carbonyl (C=O) groups excluding carboxylic acids is 1. The molecular formula is C19H18ClN5O4. The Kier molecular flexibility index (Phi) is 4.98. The van der Waals surface area contributed by atoms with E-state index in [0.29, 0.717) is 46.8 Å². The fraction of sp³-hybridized carbons (Fsp3) is 0.263. The lowest BCUT2D eigenvalue weighted by atomic mass is 10.1. The molecule has 0 saturated carbocycles. The molecule has 29 heavy (non-hydrogen) atoms. The molecule has 1 aliphatic heterocycles. The first kappa shape index (κ1) is 19.0. The molecule has 0 spiro atoms. The predicted molar refractivity (Wildman–Crippen MR) is 109 cm³/mol. The van der Waals surface area contributed by atoms with Gasteiger partial charge in [-0.1, -0.05) is 11.6 Å². The zero-order valence-corrected chi connectivity index (χ0v) is 16.5. The highest BCUT2D eigenvalue weighted by Crippen LogP contribution is 2.31. The number of benzene rings is 1. The lowest BCUT2D eigenvalue weighted by Crippen LogP contribution is -2.25. The van der Waals surface area contributed by atoms with E-state index in [1.807, 2.05) is 13.0 Å². The number of anilines is 2. The summed E-state index contributed by atoms with van der Waals surface area (Å²) in [6.45, 7) is 2.57. The fourth-order valence-electron chi connectivity index (χ4n) is 3.16. The number of halogens is 1. The van der Waals surface area contributed by atoms with Crippen molar-refractivity contribution in [2.75, 3.05) is 30.5 Å². The highest BCUT2D eigenvalue weighted by molar-refractivity contribution is 6.36. The molecule has 1 fully saturated rings. The van der Waals surface area contributed by atoms with Crippen molar-refractivity contribution in [2.45, 2.75) is 13.0 Å². The van der Waals surface area contributed by atoms with Crippen LogP contribution in [0.3, 0.4) is 0 Å². The van der Waals surface area contributed by atoms with Crippen molar-refractivity contribution in [1.29, 1.82) is 0 Å². The maximum atomic E-state index is 12.6. The van der Waals surface area contributed by atoms with Gasteiger partial charge < -0.3 is 19.8 Å². The van der Waals surface area contributed by atoms with Crippen molar-refractivity contribution in [2.24, 2.45) is 0 Å². The van der Waals surface area contributed by atoms with Crippen molar-refractivity contribution < 1.29 is 14.3 Å². The summed E-state index contributed by atoms with van der Waals surface area (Å²) in [4.78, 5) is 37.1. The van der Waals surface area contributed by atoms with Crippen LogP contribution in [0.5, 0.6) is 5.75 Å². The molecule has 3 heterocycles. The van der Waals surface area contributed by atoms with Crippen LogP contribution in [0.1, 0.15) is 18.5 Å². The highest BCUT2D eigenvalue weighted by Gasteiger charge is 2.25. The zero-order chi connectivity index (χ0) is 20.5. The molecule has 0 aliphatic carbocycles. The van der Waals surface area contributed by atoms with Crippen molar-refractivity contribution >= 4 is 40.4 Å². The lowest BCUT2D eigenvalue weighted by molar-refractivity contribution is 0.181. The topological polar surface area (TPSA) is 109 Å². The van der Waals surface area contributed by atoms with Gasteiger partial charge in [-0.15, -0.1) is 0 Å². The summed E-state index contributed by atoms with van der Waals surface area (Å²) >= 11 is 6.29. The molecule has 1 aromatic carbocycles. The van der Waals surface area contributed by atoms with E-state index in [2.05, 4.69) is 20.3 Å². The minimum atomic E-state index is -0.444. The van der Waals surface area contributed by atoms with Gasteiger partial charge >= 0.3 is 6.09 Å². The van der Waals surface area contributed by atoms with E-state index < -0.39 is 12.1 Å². The first-order chi connectivity index (χ1) is 14.0. The number of nitrogens with one attached hydrogen (secondary N) is 2. The molecule has 0 bridgehead atoms. The van der Waals surface area contributed by atoms with Crippen LogP contribution in [0.15, 0.2) is 35.3 Å². The van der Waals surface area contributed by atoms with Crippen molar-refractivity contribution in [1.82, 2.24) is 15.0 Å². The summed E-state index contributed by atoms with van der Waals surface area (Å²) < 4.78 is 10.1. The number of cyclic esters (lactones) is 1. The van der Waals surface area contributed by atoms with Gasteiger partial charge in [-0.05, 0) is 31.2 Å². The monoisotopic (exact) mass is 415 g/mol. The quantitative estimate of drug-likeness (QED) is 0.658. The Morgan fingerprint density at radius 2 is 2.17 bits per heavy atom. The zero-order valence-electron chi connectivity index (χ0n) is 15.7. The first-order valence-electron chi connectivity index (χ1n) is 8.91. The second-order valence-electron chi connectivity index (χ2n) is 6.47. The van der Waals surface area contributed by atoms with E-state index in [9.17, 15) is 9.59 Å². The molecule has 10 heteroatoms. The molecule has 1 aliphatic rings. The Morgan fingerprint density at radius 3 is 2.90 bits per heavy atom. The number of rotatable bonds is 5. The van der Waals surface area contributed by atoms with Gasteiger partial charge in [0.15, 0.2) is 0 Å². The van der Waals surface area contributed by atoms with Crippen molar-refractivity contribution in [3.63, 3.8) is 0 Å². The van der Waals surface area contributed by atoms with Crippen LogP contribution in [-0.2, 0) is 4.74 Å².